The van der Waals surface area contributed by atoms with E-state index in [1.807, 2.05) is 20.8 Å². The molecule has 2 N–H and O–H groups in total. The van der Waals surface area contributed by atoms with E-state index in [2.05, 4.69) is 4.98 Å². The normalized spacial score (nSPS) is 12.6. The van der Waals surface area contributed by atoms with Crippen LogP contribution < -0.4 is 5.73 Å². The predicted molar refractivity (Wildman–Crippen MR) is 62.2 cm³/mol. The van der Waals surface area contributed by atoms with Crippen molar-refractivity contribution in [2.24, 2.45) is 5.73 Å². The minimum absolute atomic E-state index is 0.0102. The number of carbonyl (C=O) groups is 1. The zero-order chi connectivity index (χ0) is 11.6. The predicted octanol–water partition coefficient (Wildman–Crippen LogP) is 1.18. The van der Waals surface area contributed by atoms with Crippen molar-refractivity contribution in [3.8, 4) is 0 Å². The number of likely N-dealkylation sites (N-methyl/N-ethyl adjacent to an activating group) is 1. The van der Waals surface area contributed by atoms with Gasteiger partial charge < -0.3 is 10.6 Å². The Morgan fingerprint density at radius 2 is 2.20 bits per heavy atom. The topological polar surface area (TPSA) is 59.2 Å². The van der Waals surface area contributed by atoms with Crippen molar-refractivity contribution < 1.29 is 4.79 Å². The largest absolute Gasteiger partial charge is 0.337 e. The molecule has 1 rings (SSSR count). The Labute approximate surface area is 94.1 Å². The summed E-state index contributed by atoms with van der Waals surface area (Å²) >= 11 is 1.44. The smallest absolute Gasteiger partial charge is 0.265 e. The van der Waals surface area contributed by atoms with E-state index in [0.717, 1.165) is 15.6 Å². The van der Waals surface area contributed by atoms with Crippen molar-refractivity contribution in [3.63, 3.8) is 0 Å². The monoisotopic (exact) mass is 227 g/mol. The number of thiazole rings is 1. The number of aryl methyl sites for hydroxylation is 2. The van der Waals surface area contributed by atoms with E-state index in [4.69, 9.17) is 5.73 Å². The molecule has 0 aliphatic carbocycles. The minimum Gasteiger partial charge on any atom is -0.337 e. The van der Waals surface area contributed by atoms with Gasteiger partial charge in [0.2, 0.25) is 0 Å². The summed E-state index contributed by atoms with van der Waals surface area (Å²) in [6, 6.07) is 0.0549. The Morgan fingerprint density at radius 1 is 1.60 bits per heavy atom. The molecule has 0 aliphatic rings. The van der Waals surface area contributed by atoms with Crippen LogP contribution in [0.2, 0.25) is 0 Å². The number of aromatic nitrogens is 1. The Morgan fingerprint density at radius 3 is 2.60 bits per heavy atom. The zero-order valence-electron chi connectivity index (χ0n) is 9.57. The molecule has 1 aromatic heterocycles. The van der Waals surface area contributed by atoms with Gasteiger partial charge in [0.1, 0.15) is 4.88 Å². The first-order chi connectivity index (χ1) is 6.97. The first kappa shape index (κ1) is 12.1. The van der Waals surface area contributed by atoms with Crippen molar-refractivity contribution in [2.75, 3.05) is 13.6 Å². The molecule has 5 heteroatoms. The fourth-order valence-electron chi connectivity index (χ4n) is 1.25. The maximum atomic E-state index is 12.0. The molecule has 0 saturated carbocycles. The summed E-state index contributed by atoms with van der Waals surface area (Å²) in [5.74, 6) is 0.0102. The quantitative estimate of drug-likeness (QED) is 0.843. The molecule has 0 fully saturated rings. The lowest BCUT2D eigenvalue weighted by molar-refractivity contribution is 0.0752. The van der Waals surface area contributed by atoms with Gasteiger partial charge in [-0.05, 0) is 20.8 Å². The summed E-state index contributed by atoms with van der Waals surface area (Å²) in [6.07, 6.45) is 0. The fourth-order valence-corrected chi connectivity index (χ4v) is 2.15. The number of nitrogens with zero attached hydrogens (tertiary/aromatic N) is 2. The number of rotatable bonds is 3. The van der Waals surface area contributed by atoms with Gasteiger partial charge >= 0.3 is 0 Å². The van der Waals surface area contributed by atoms with Gasteiger partial charge in [0.25, 0.3) is 5.91 Å². The minimum atomic E-state index is 0.0102. The van der Waals surface area contributed by atoms with Crippen LogP contribution in [0.1, 0.15) is 27.3 Å². The summed E-state index contributed by atoms with van der Waals surface area (Å²) in [6.45, 7) is 6.17. The van der Waals surface area contributed by atoms with Crippen LogP contribution in [0.3, 0.4) is 0 Å². The third-order valence-corrected chi connectivity index (χ3v) is 3.48. The molecule has 1 amide bonds. The number of hydrogen-bond acceptors (Lipinski definition) is 4. The van der Waals surface area contributed by atoms with Gasteiger partial charge in [0.15, 0.2) is 0 Å². The van der Waals surface area contributed by atoms with E-state index in [1.165, 1.54) is 11.3 Å². The number of hydrogen-bond donors (Lipinski definition) is 1. The van der Waals surface area contributed by atoms with Gasteiger partial charge in [0, 0.05) is 19.6 Å². The lowest BCUT2D eigenvalue weighted by Gasteiger charge is -2.23. The Kier molecular flexibility index (Phi) is 3.82. The molecule has 0 saturated heterocycles. The highest BCUT2D eigenvalue weighted by molar-refractivity contribution is 7.13. The van der Waals surface area contributed by atoms with E-state index in [9.17, 15) is 4.79 Å². The van der Waals surface area contributed by atoms with E-state index < -0.39 is 0 Å². The molecule has 0 spiro atoms. The Bertz CT molecular complexity index is 362. The molecule has 84 valence electrons. The molecule has 1 atom stereocenters. The van der Waals surface area contributed by atoms with Gasteiger partial charge in [-0.1, -0.05) is 0 Å². The van der Waals surface area contributed by atoms with Crippen LogP contribution in [-0.4, -0.2) is 35.4 Å². The maximum Gasteiger partial charge on any atom is 0.265 e. The van der Waals surface area contributed by atoms with Crippen molar-refractivity contribution >= 4 is 17.2 Å². The van der Waals surface area contributed by atoms with Crippen molar-refractivity contribution in [1.82, 2.24) is 9.88 Å². The molecule has 1 heterocycles. The van der Waals surface area contributed by atoms with Crippen LogP contribution in [0.4, 0.5) is 0 Å². The standard InChI is InChI=1S/C10H17N3OS/c1-6(5-11)13(4)10(14)9-7(2)12-8(3)15-9/h6H,5,11H2,1-4H3. The molecular weight excluding hydrogens is 210 g/mol. The second-order valence-electron chi connectivity index (χ2n) is 3.65. The molecule has 0 aliphatic heterocycles. The molecule has 0 aromatic carbocycles. The molecule has 15 heavy (non-hydrogen) atoms. The molecule has 1 aromatic rings. The highest BCUT2D eigenvalue weighted by Crippen LogP contribution is 2.19. The van der Waals surface area contributed by atoms with Crippen LogP contribution >= 0.6 is 11.3 Å². The Balaban J connectivity index is 2.89. The highest BCUT2D eigenvalue weighted by Gasteiger charge is 2.20. The molecule has 4 nitrogen and oxygen atoms in total. The Hall–Kier alpha value is -0.940. The van der Waals surface area contributed by atoms with Crippen molar-refractivity contribution in [2.45, 2.75) is 26.8 Å². The van der Waals surface area contributed by atoms with Gasteiger partial charge in [-0.3, -0.25) is 4.79 Å². The molecule has 1 unspecified atom stereocenters. The third kappa shape index (κ3) is 2.54. The van der Waals surface area contributed by atoms with Gasteiger partial charge in [-0.2, -0.15) is 0 Å². The molecule has 0 bridgehead atoms. The number of carbonyl (C=O) groups excluding carboxylic acids is 1. The second kappa shape index (κ2) is 4.72. The summed E-state index contributed by atoms with van der Waals surface area (Å²) < 4.78 is 0. The van der Waals surface area contributed by atoms with E-state index in [1.54, 1.807) is 11.9 Å². The van der Waals surface area contributed by atoms with E-state index in [0.29, 0.717) is 6.54 Å². The summed E-state index contributed by atoms with van der Waals surface area (Å²) in [5, 5.41) is 0.921. The number of nitrogens with two attached hydrogens (primary N) is 1. The number of amides is 1. The lowest BCUT2D eigenvalue weighted by Crippen LogP contribution is -2.39. The zero-order valence-corrected chi connectivity index (χ0v) is 10.4. The summed E-state index contributed by atoms with van der Waals surface area (Å²) in [5.41, 5.74) is 6.33. The van der Waals surface area contributed by atoms with Gasteiger partial charge in [-0.15, -0.1) is 11.3 Å². The van der Waals surface area contributed by atoms with Gasteiger partial charge in [0.05, 0.1) is 10.7 Å². The maximum absolute atomic E-state index is 12.0. The highest BCUT2D eigenvalue weighted by atomic mass is 32.1. The van der Waals surface area contributed by atoms with Crippen LogP contribution in [0.5, 0.6) is 0 Å². The summed E-state index contributed by atoms with van der Waals surface area (Å²) in [7, 11) is 1.77. The van der Waals surface area contributed by atoms with Crippen LogP contribution in [-0.2, 0) is 0 Å². The average Bonchev–Trinajstić information content (AvgIpc) is 2.54. The molecular formula is C10H17N3OS. The SMILES string of the molecule is Cc1nc(C)c(C(=O)N(C)C(C)CN)s1. The fraction of sp³-hybridized carbons (Fsp3) is 0.600. The summed E-state index contributed by atoms with van der Waals surface area (Å²) in [4.78, 5) is 18.6. The first-order valence-corrected chi connectivity index (χ1v) is 5.70. The van der Waals surface area contributed by atoms with Gasteiger partial charge in [-0.25, -0.2) is 4.98 Å². The van der Waals surface area contributed by atoms with Crippen molar-refractivity contribution in [3.05, 3.63) is 15.6 Å². The van der Waals surface area contributed by atoms with E-state index >= 15 is 0 Å². The molecule has 0 radical (unpaired) electrons. The third-order valence-electron chi connectivity index (χ3n) is 2.42. The van der Waals surface area contributed by atoms with E-state index in [-0.39, 0.29) is 11.9 Å². The van der Waals surface area contributed by atoms with Crippen LogP contribution in [0, 0.1) is 13.8 Å². The van der Waals surface area contributed by atoms with Crippen LogP contribution in [0.25, 0.3) is 0 Å². The first-order valence-electron chi connectivity index (χ1n) is 4.88. The average molecular weight is 227 g/mol. The second-order valence-corrected chi connectivity index (χ2v) is 4.85. The van der Waals surface area contributed by atoms with Crippen LogP contribution in [0.15, 0.2) is 0 Å². The van der Waals surface area contributed by atoms with Crippen molar-refractivity contribution in [1.29, 1.82) is 0 Å². The lowest BCUT2D eigenvalue weighted by atomic mass is 10.2.